The molecule has 0 aliphatic rings. The molecule has 0 radical (unpaired) electrons. The van der Waals surface area contributed by atoms with Gasteiger partial charge in [-0.1, -0.05) is 60.7 Å². The van der Waals surface area contributed by atoms with Crippen LogP contribution >= 0.6 is 0 Å². The Morgan fingerprint density at radius 3 is 2.42 bits per heavy atom. The number of aromatic nitrogens is 2. The summed E-state index contributed by atoms with van der Waals surface area (Å²) in [6.45, 7) is 2.86. The third kappa shape index (κ3) is 5.74. The third-order valence-electron chi connectivity index (χ3n) is 5.14. The number of hydrogen-bond donors (Lipinski definition) is 1. The zero-order chi connectivity index (χ0) is 21.3. The van der Waals surface area contributed by atoms with Gasteiger partial charge in [0.2, 0.25) is 0 Å². The molecule has 0 fully saturated rings. The van der Waals surface area contributed by atoms with E-state index < -0.39 is 0 Å². The van der Waals surface area contributed by atoms with E-state index in [0.29, 0.717) is 6.61 Å². The topological polar surface area (TPSA) is 48.3 Å². The first-order valence-corrected chi connectivity index (χ1v) is 10.4. The molecule has 3 aromatic carbocycles. The van der Waals surface area contributed by atoms with E-state index in [1.165, 1.54) is 11.1 Å². The molecule has 0 spiro atoms. The number of ether oxygens (including phenoxy) is 2. The second-order valence-electron chi connectivity index (χ2n) is 7.37. The summed E-state index contributed by atoms with van der Waals surface area (Å²) < 4.78 is 13.6. The predicted molar refractivity (Wildman–Crippen MR) is 122 cm³/mol. The van der Waals surface area contributed by atoms with Gasteiger partial charge in [-0.2, -0.15) is 0 Å². The number of nitrogens with one attached hydrogen (secondary N) is 1. The summed E-state index contributed by atoms with van der Waals surface area (Å²) in [6, 6.07) is 24.7. The minimum Gasteiger partial charge on any atom is -0.493 e. The van der Waals surface area contributed by atoms with Gasteiger partial charge < -0.3 is 19.4 Å². The van der Waals surface area contributed by atoms with Crippen molar-refractivity contribution in [2.24, 2.45) is 0 Å². The van der Waals surface area contributed by atoms with Gasteiger partial charge in [0.25, 0.3) is 0 Å². The number of nitrogens with zero attached hydrogens (tertiary/aromatic N) is 2. The fourth-order valence-corrected chi connectivity index (χ4v) is 3.48. The summed E-state index contributed by atoms with van der Waals surface area (Å²) in [7, 11) is 1.67. The molecule has 0 aliphatic carbocycles. The molecule has 0 atom stereocenters. The van der Waals surface area contributed by atoms with Crippen LogP contribution < -0.4 is 14.8 Å². The third-order valence-corrected chi connectivity index (χ3v) is 5.14. The number of benzene rings is 3. The monoisotopic (exact) mass is 413 g/mol. The second-order valence-corrected chi connectivity index (χ2v) is 7.37. The fourth-order valence-electron chi connectivity index (χ4n) is 3.48. The van der Waals surface area contributed by atoms with Gasteiger partial charge in [-0.05, 0) is 34.4 Å². The van der Waals surface area contributed by atoms with Crippen molar-refractivity contribution in [1.29, 1.82) is 0 Å². The van der Waals surface area contributed by atoms with Crippen LogP contribution in [0.3, 0.4) is 0 Å². The molecule has 0 bridgehead atoms. The molecule has 1 N–H and O–H groups in total. The number of rotatable bonds is 10. The highest BCUT2D eigenvalue weighted by Gasteiger charge is 2.07. The van der Waals surface area contributed by atoms with E-state index in [4.69, 9.17) is 9.47 Å². The molecule has 158 valence electrons. The quantitative estimate of drug-likeness (QED) is 0.405. The van der Waals surface area contributed by atoms with Gasteiger partial charge in [0, 0.05) is 32.0 Å². The van der Waals surface area contributed by atoms with Crippen molar-refractivity contribution in [3.8, 4) is 11.5 Å². The molecular weight excluding hydrogens is 386 g/mol. The van der Waals surface area contributed by atoms with Gasteiger partial charge in [-0.25, -0.2) is 4.98 Å². The van der Waals surface area contributed by atoms with Crippen LogP contribution in [0, 0.1) is 0 Å². The first kappa shape index (κ1) is 20.7. The standard InChI is InChI=1S/C26H27N3O2/c1-30-25-12-11-22(15-26(25)31-19-21-7-3-2-4-8-21)16-28-17-23-9-5-6-10-24(23)18-29-14-13-27-20-29/h2-15,20,28H,16-19H2,1H3. The molecule has 31 heavy (non-hydrogen) atoms. The van der Waals surface area contributed by atoms with Crippen molar-refractivity contribution in [3.05, 3.63) is 114 Å². The van der Waals surface area contributed by atoms with Crippen molar-refractivity contribution in [2.75, 3.05) is 7.11 Å². The Hall–Kier alpha value is -3.57. The fraction of sp³-hybridized carbons (Fsp3) is 0.192. The van der Waals surface area contributed by atoms with E-state index in [9.17, 15) is 0 Å². The molecule has 0 aliphatic heterocycles. The predicted octanol–water partition coefficient (Wildman–Crippen LogP) is 4.81. The zero-order valence-electron chi connectivity index (χ0n) is 17.7. The maximum absolute atomic E-state index is 6.04. The van der Waals surface area contributed by atoms with E-state index in [1.54, 1.807) is 7.11 Å². The summed E-state index contributed by atoms with van der Waals surface area (Å²) in [6.07, 6.45) is 5.64. The van der Waals surface area contributed by atoms with Crippen molar-refractivity contribution >= 4 is 0 Å². The largest absolute Gasteiger partial charge is 0.493 e. The van der Waals surface area contributed by atoms with Crippen LogP contribution in [0.5, 0.6) is 11.5 Å². The van der Waals surface area contributed by atoms with Crippen molar-refractivity contribution in [3.63, 3.8) is 0 Å². The molecule has 0 amide bonds. The lowest BCUT2D eigenvalue weighted by Gasteiger charge is -2.14. The normalized spacial score (nSPS) is 10.7. The molecule has 0 saturated heterocycles. The Labute approximate surface area is 183 Å². The van der Waals surface area contributed by atoms with Crippen LogP contribution in [0.25, 0.3) is 0 Å². The lowest BCUT2D eigenvalue weighted by Crippen LogP contribution is -2.15. The second kappa shape index (κ2) is 10.5. The summed E-state index contributed by atoms with van der Waals surface area (Å²) in [4.78, 5) is 4.13. The Morgan fingerprint density at radius 2 is 1.65 bits per heavy atom. The molecule has 5 heteroatoms. The van der Waals surface area contributed by atoms with Gasteiger partial charge >= 0.3 is 0 Å². The Balaban J connectivity index is 1.38. The van der Waals surface area contributed by atoms with Crippen LogP contribution in [0.15, 0.2) is 91.5 Å². The summed E-state index contributed by atoms with van der Waals surface area (Å²) in [5.41, 5.74) is 4.85. The highest BCUT2D eigenvalue weighted by molar-refractivity contribution is 5.43. The van der Waals surface area contributed by atoms with E-state index in [-0.39, 0.29) is 0 Å². The van der Waals surface area contributed by atoms with Gasteiger partial charge in [0.05, 0.1) is 13.4 Å². The first-order valence-electron chi connectivity index (χ1n) is 10.4. The molecule has 1 aromatic heterocycles. The highest BCUT2D eigenvalue weighted by atomic mass is 16.5. The lowest BCUT2D eigenvalue weighted by molar-refractivity contribution is 0.284. The van der Waals surface area contributed by atoms with Crippen molar-refractivity contribution in [2.45, 2.75) is 26.2 Å². The molecular formula is C26H27N3O2. The average Bonchev–Trinajstić information content (AvgIpc) is 3.33. The number of methoxy groups -OCH3 is 1. The van der Waals surface area contributed by atoms with Crippen LogP contribution in [0.2, 0.25) is 0 Å². The molecule has 0 saturated carbocycles. The highest BCUT2D eigenvalue weighted by Crippen LogP contribution is 2.29. The maximum atomic E-state index is 6.04. The SMILES string of the molecule is COc1ccc(CNCc2ccccc2Cn2ccnc2)cc1OCc1ccccc1. The van der Waals surface area contributed by atoms with E-state index >= 15 is 0 Å². The first-order chi connectivity index (χ1) is 15.3. The number of imidazole rings is 1. The maximum Gasteiger partial charge on any atom is 0.161 e. The minimum absolute atomic E-state index is 0.510. The molecule has 4 aromatic rings. The Bertz CT molecular complexity index is 1080. The van der Waals surface area contributed by atoms with E-state index in [1.807, 2.05) is 49.1 Å². The van der Waals surface area contributed by atoms with Gasteiger partial charge in [0.15, 0.2) is 11.5 Å². The average molecular weight is 414 g/mol. The van der Waals surface area contributed by atoms with E-state index in [0.717, 1.165) is 42.3 Å². The summed E-state index contributed by atoms with van der Waals surface area (Å²) in [5.74, 6) is 1.50. The minimum atomic E-state index is 0.510. The van der Waals surface area contributed by atoms with Crippen molar-refractivity contribution < 1.29 is 9.47 Å². The lowest BCUT2D eigenvalue weighted by atomic mass is 10.1. The number of hydrogen-bond acceptors (Lipinski definition) is 4. The Kier molecular flexibility index (Phi) is 6.98. The van der Waals surface area contributed by atoms with Crippen LogP contribution in [0.1, 0.15) is 22.3 Å². The Morgan fingerprint density at radius 1 is 0.839 bits per heavy atom. The molecule has 1 heterocycles. The summed E-state index contributed by atoms with van der Waals surface area (Å²) in [5, 5.41) is 3.56. The van der Waals surface area contributed by atoms with Crippen LogP contribution in [-0.2, 0) is 26.2 Å². The molecule has 0 unspecified atom stereocenters. The van der Waals surface area contributed by atoms with Crippen molar-refractivity contribution in [1.82, 2.24) is 14.9 Å². The van der Waals surface area contributed by atoms with Crippen LogP contribution in [-0.4, -0.2) is 16.7 Å². The van der Waals surface area contributed by atoms with Gasteiger partial charge in [0.1, 0.15) is 6.61 Å². The summed E-state index contributed by atoms with van der Waals surface area (Å²) >= 11 is 0. The van der Waals surface area contributed by atoms with Crippen LogP contribution in [0.4, 0.5) is 0 Å². The molecule has 5 nitrogen and oxygen atoms in total. The van der Waals surface area contributed by atoms with Gasteiger partial charge in [-0.15, -0.1) is 0 Å². The van der Waals surface area contributed by atoms with E-state index in [2.05, 4.69) is 57.3 Å². The smallest absolute Gasteiger partial charge is 0.161 e. The zero-order valence-corrected chi connectivity index (χ0v) is 17.7. The molecule has 4 rings (SSSR count). The van der Waals surface area contributed by atoms with Gasteiger partial charge in [-0.3, -0.25) is 0 Å².